The number of nitrogens with one attached hydrogen (secondary N) is 1. The molecule has 7 nitrogen and oxygen atoms in total. The zero-order valence-electron chi connectivity index (χ0n) is 8.66. The molecule has 0 aliphatic carbocycles. The molecule has 2 heterocycles. The van der Waals surface area contributed by atoms with Crippen LogP contribution in [0.5, 0.6) is 0 Å². The predicted octanol–water partition coefficient (Wildman–Crippen LogP) is -0.388. The van der Waals surface area contributed by atoms with Crippen molar-refractivity contribution < 1.29 is 4.79 Å². The first-order valence-electron chi connectivity index (χ1n) is 4.68. The number of aryl methyl sites for hydroxylation is 1. The molecule has 7 heteroatoms. The van der Waals surface area contributed by atoms with Gasteiger partial charge in [0.2, 0.25) is 6.41 Å². The lowest BCUT2D eigenvalue weighted by Gasteiger charge is -2.02. The summed E-state index contributed by atoms with van der Waals surface area (Å²) in [6.45, 7) is 2.06. The van der Waals surface area contributed by atoms with Gasteiger partial charge in [-0.3, -0.25) is 4.79 Å². The van der Waals surface area contributed by atoms with Crippen molar-refractivity contribution >= 4 is 6.41 Å². The van der Waals surface area contributed by atoms with Crippen molar-refractivity contribution in [1.82, 2.24) is 30.0 Å². The van der Waals surface area contributed by atoms with Crippen LogP contribution in [0.4, 0.5) is 0 Å². The Morgan fingerprint density at radius 1 is 1.44 bits per heavy atom. The number of hydrogen-bond acceptors (Lipinski definition) is 5. The van der Waals surface area contributed by atoms with E-state index in [1.807, 2.05) is 0 Å². The highest BCUT2D eigenvalue weighted by molar-refractivity contribution is 5.45. The van der Waals surface area contributed by atoms with Gasteiger partial charge in [-0.2, -0.15) is 4.68 Å². The highest BCUT2D eigenvalue weighted by atomic mass is 16.1. The smallest absolute Gasteiger partial charge is 0.252 e. The molecule has 16 heavy (non-hydrogen) atoms. The van der Waals surface area contributed by atoms with E-state index in [4.69, 9.17) is 0 Å². The first kappa shape index (κ1) is 10.2. The monoisotopic (exact) mass is 218 g/mol. The minimum Gasteiger partial charge on any atom is -0.351 e. The Kier molecular flexibility index (Phi) is 2.86. The van der Waals surface area contributed by atoms with Gasteiger partial charge in [-0.05, 0) is 13.0 Å². The zero-order valence-corrected chi connectivity index (χ0v) is 8.66. The van der Waals surface area contributed by atoms with Crippen molar-refractivity contribution in [3.8, 4) is 5.95 Å². The lowest BCUT2D eigenvalue weighted by atomic mass is 10.6. The Labute approximate surface area is 91.6 Å². The second-order valence-corrected chi connectivity index (χ2v) is 3.03. The molecule has 0 saturated heterocycles. The Morgan fingerprint density at radius 3 is 2.88 bits per heavy atom. The van der Waals surface area contributed by atoms with Gasteiger partial charge in [0, 0.05) is 12.4 Å². The average molecular weight is 218 g/mol. The SMILES string of the molecule is Cc1nc(CNC=O)n(-c2ncccn2)n1. The van der Waals surface area contributed by atoms with Gasteiger partial charge >= 0.3 is 0 Å². The van der Waals surface area contributed by atoms with Crippen LogP contribution in [0.3, 0.4) is 0 Å². The lowest BCUT2D eigenvalue weighted by molar-refractivity contribution is -0.109. The molecule has 1 amide bonds. The molecule has 2 aromatic rings. The zero-order chi connectivity index (χ0) is 11.4. The van der Waals surface area contributed by atoms with Gasteiger partial charge in [0.15, 0.2) is 5.82 Å². The minimum atomic E-state index is 0.294. The van der Waals surface area contributed by atoms with Crippen molar-refractivity contribution in [2.24, 2.45) is 0 Å². The van der Waals surface area contributed by atoms with Crippen LogP contribution in [0, 0.1) is 6.92 Å². The van der Waals surface area contributed by atoms with Gasteiger partial charge in [-0.25, -0.2) is 15.0 Å². The summed E-state index contributed by atoms with van der Waals surface area (Å²) in [6.07, 6.45) is 3.85. The van der Waals surface area contributed by atoms with Crippen molar-refractivity contribution in [3.05, 3.63) is 30.1 Å². The number of rotatable bonds is 4. The fourth-order valence-corrected chi connectivity index (χ4v) is 1.27. The van der Waals surface area contributed by atoms with E-state index < -0.39 is 0 Å². The van der Waals surface area contributed by atoms with Crippen LogP contribution in [-0.2, 0) is 11.3 Å². The molecular weight excluding hydrogens is 208 g/mol. The third kappa shape index (κ3) is 2.02. The van der Waals surface area contributed by atoms with Gasteiger partial charge in [-0.15, -0.1) is 5.10 Å². The van der Waals surface area contributed by atoms with Crippen LogP contribution >= 0.6 is 0 Å². The molecule has 0 bridgehead atoms. The van der Waals surface area contributed by atoms with E-state index in [0.717, 1.165) is 0 Å². The second-order valence-electron chi connectivity index (χ2n) is 3.03. The quantitative estimate of drug-likeness (QED) is 0.706. The molecule has 0 fully saturated rings. The Bertz CT molecular complexity index is 480. The van der Waals surface area contributed by atoms with Crippen LogP contribution in [0.25, 0.3) is 5.95 Å². The highest BCUT2D eigenvalue weighted by Gasteiger charge is 2.10. The van der Waals surface area contributed by atoms with Crippen molar-refractivity contribution in [1.29, 1.82) is 0 Å². The molecule has 0 radical (unpaired) electrons. The number of hydrogen-bond donors (Lipinski definition) is 1. The summed E-state index contributed by atoms with van der Waals surface area (Å²) < 4.78 is 1.51. The highest BCUT2D eigenvalue weighted by Crippen LogP contribution is 2.03. The molecule has 0 aromatic carbocycles. The van der Waals surface area contributed by atoms with E-state index in [9.17, 15) is 4.79 Å². The van der Waals surface area contributed by atoms with Crippen LogP contribution in [0.1, 0.15) is 11.6 Å². The van der Waals surface area contributed by atoms with Crippen LogP contribution in [0.2, 0.25) is 0 Å². The molecule has 82 valence electrons. The van der Waals surface area contributed by atoms with Crippen molar-refractivity contribution in [2.45, 2.75) is 13.5 Å². The number of carbonyl (C=O) groups is 1. The van der Waals surface area contributed by atoms with Gasteiger partial charge < -0.3 is 5.32 Å². The van der Waals surface area contributed by atoms with Gasteiger partial charge in [-0.1, -0.05) is 0 Å². The van der Waals surface area contributed by atoms with Crippen LogP contribution < -0.4 is 5.32 Å². The van der Waals surface area contributed by atoms with E-state index in [1.54, 1.807) is 25.4 Å². The summed E-state index contributed by atoms with van der Waals surface area (Å²) >= 11 is 0. The standard InChI is InChI=1S/C9H10N6O/c1-7-13-8(5-10-6-16)15(14-7)9-11-3-2-4-12-9/h2-4,6H,5H2,1H3,(H,10,16). The third-order valence-electron chi connectivity index (χ3n) is 1.87. The molecule has 2 rings (SSSR count). The first-order valence-corrected chi connectivity index (χ1v) is 4.68. The molecule has 0 aliphatic rings. The maximum Gasteiger partial charge on any atom is 0.252 e. The summed E-state index contributed by atoms with van der Waals surface area (Å²) in [5, 5.41) is 6.69. The topological polar surface area (TPSA) is 85.6 Å². The van der Waals surface area contributed by atoms with E-state index in [1.165, 1.54) is 4.68 Å². The van der Waals surface area contributed by atoms with E-state index in [2.05, 4.69) is 25.4 Å². The Balaban J connectivity index is 2.36. The second kappa shape index (κ2) is 4.47. The van der Waals surface area contributed by atoms with E-state index in [-0.39, 0.29) is 0 Å². The fourth-order valence-electron chi connectivity index (χ4n) is 1.27. The molecule has 0 unspecified atom stereocenters. The largest absolute Gasteiger partial charge is 0.351 e. The average Bonchev–Trinajstić information content (AvgIpc) is 2.69. The lowest BCUT2D eigenvalue weighted by Crippen LogP contribution is -2.16. The summed E-state index contributed by atoms with van der Waals surface area (Å²) in [7, 11) is 0. The Hall–Kier alpha value is -2.31. The number of amides is 1. The summed E-state index contributed by atoms with van der Waals surface area (Å²) in [5.41, 5.74) is 0. The van der Waals surface area contributed by atoms with Gasteiger partial charge in [0.05, 0.1) is 6.54 Å². The molecule has 1 N–H and O–H groups in total. The van der Waals surface area contributed by atoms with Gasteiger partial charge in [0.1, 0.15) is 5.82 Å². The molecule has 0 saturated carbocycles. The fraction of sp³-hybridized carbons (Fsp3) is 0.222. The summed E-state index contributed by atoms with van der Waals surface area (Å²) in [4.78, 5) is 22.5. The number of aromatic nitrogens is 5. The van der Waals surface area contributed by atoms with E-state index in [0.29, 0.717) is 30.6 Å². The Morgan fingerprint density at radius 2 is 2.19 bits per heavy atom. The summed E-state index contributed by atoms with van der Waals surface area (Å²) in [6, 6.07) is 1.72. The summed E-state index contributed by atoms with van der Waals surface area (Å²) in [5.74, 6) is 1.64. The maximum absolute atomic E-state index is 10.2. The first-order chi connectivity index (χ1) is 7.81. The molecule has 0 atom stereocenters. The van der Waals surface area contributed by atoms with E-state index >= 15 is 0 Å². The van der Waals surface area contributed by atoms with Crippen LogP contribution in [-0.4, -0.2) is 31.1 Å². The number of carbonyl (C=O) groups excluding carboxylic acids is 1. The maximum atomic E-state index is 10.2. The predicted molar refractivity (Wildman–Crippen MR) is 54.6 cm³/mol. The molecule has 0 spiro atoms. The number of nitrogens with zero attached hydrogens (tertiary/aromatic N) is 5. The molecule has 2 aromatic heterocycles. The minimum absolute atomic E-state index is 0.294. The van der Waals surface area contributed by atoms with Gasteiger partial charge in [0.25, 0.3) is 5.95 Å². The molecular formula is C9H10N6O. The molecule has 0 aliphatic heterocycles. The van der Waals surface area contributed by atoms with Crippen LogP contribution in [0.15, 0.2) is 18.5 Å². The third-order valence-corrected chi connectivity index (χ3v) is 1.87. The van der Waals surface area contributed by atoms with Crippen molar-refractivity contribution in [2.75, 3.05) is 0 Å². The normalized spacial score (nSPS) is 10.1. The van der Waals surface area contributed by atoms with Crippen molar-refractivity contribution in [3.63, 3.8) is 0 Å².